The van der Waals surface area contributed by atoms with E-state index < -0.39 is 0 Å². The summed E-state index contributed by atoms with van der Waals surface area (Å²) in [5.41, 5.74) is 3.78. The molecule has 0 aliphatic rings. The highest BCUT2D eigenvalue weighted by atomic mass is 14.7. The van der Waals surface area contributed by atoms with E-state index in [1.54, 1.807) is 0 Å². The fourth-order valence-corrected chi connectivity index (χ4v) is 1.94. The SMILES string of the molecule is CCc1cccc2nc(C(C)(C)C)ccc12. The zero-order chi connectivity index (χ0) is 11.8. The lowest BCUT2D eigenvalue weighted by molar-refractivity contribution is 0.571. The standard InChI is InChI=1S/C15H19N/c1-5-11-7-6-8-13-12(11)9-10-14(16-13)15(2,3)4/h6-10H,5H2,1-4H3. The molecule has 0 saturated carbocycles. The Labute approximate surface area is 97.5 Å². The van der Waals surface area contributed by atoms with Gasteiger partial charge in [0.05, 0.1) is 5.52 Å². The van der Waals surface area contributed by atoms with Crippen LogP contribution in [0.3, 0.4) is 0 Å². The Morgan fingerprint density at radius 3 is 2.44 bits per heavy atom. The minimum Gasteiger partial charge on any atom is -0.252 e. The topological polar surface area (TPSA) is 12.9 Å². The van der Waals surface area contributed by atoms with E-state index in [1.165, 1.54) is 10.9 Å². The van der Waals surface area contributed by atoms with Gasteiger partial charge in [-0.25, -0.2) is 0 Å². The second-order valence-electron chi connectivity index (χ2n) is 5.28. The van der Waals surface area contributed by atoms with Gasteiger partial charge < -0.3 is 0 Å². The summed E-state index contributed by atoms with van der Waals surface area (Å²) in [6, 6.07) is 10.7. The van der Waals surface area contributed by atoms with Gasteiger partial charge in [0.1, 0.15) is 0 Å². The molecule has 0 fully saturated rings. The van der Waals surface area contributed by atoms with Crippen molar-refractivity contribution in [2.45, 2.75) is 39.5 Å². The third-order valence-corrected chi connectivity index (χ3v) is 2.97. The molecule has 0 amide bonds. The largest absolute Gasteiger partial charge is 0.252 e. The molecule has 16 heavy (non-hydrogen) atoms. The molecule has 0 atom stereocenters. The molecule has 0 saturated heterocycles. The third kappa shape index (κ3) is 1.95. The molecule has 0 bridgehead atoms. The highest BCUT2D eigenvalue weighted by molar-refractivity contribution is 5.82. The summed E-state index contributed by atoms with van der Waals surface area (Å²) in [7, 11) is 0. The molecular weight excluding hydrogens is 194 g/mol. The molecule has 0 aliphatic carbocycles. The zero-order valence-electron chi connectivity index (χ0n) is 10.5. The smallest absolute Gasteiger partial charge is 0.0708 e. The molecule has 1 heteroatoms. The fraction of sp³-hybridized carbons (Fsp3) is 0.400. The number of nitrogens with zero attached hydrogens (tertiary/aromatic N) is 1. The molecule has 2 rings (SSSR count). The lowest BCUT2D eigenvalue weighted by Crippen LogP contribution is -2.13. The molecule has 1 nitrogen and oxygen atoms in total. The van der Waals surface area contributed by atoms with E-state index in [0.29, 0.717) is 0 Å². The quantitative estimate of drug-likeness (QED) is 0.695. The number of aromatic nitrogens is 1. The van der Waals surface area contributed by atoms with Gasteiger partial charge in [-0.15, -0.1) is 0 Å². The number of aryl methyl sites for hydroxylation is 1. The van der Waals surface area contributed by atoms with Gasteiger partial charge in [0.25, 0.3) is 0 Å². The van der Waals surface area contributed by atoms with Gasteiger partial charge in [0.15, 0.2) is 0 Å². The average Bonchev–Trinajstić information content (AvgIpc) is 2.26. The molecule has 0 N–H and O–H groups in total. The van der Waals surface area contributed by atoms with E-state index >= 15 is 0 Å². The van der Waals surface area contributed by atoms with Crippen LogP contribution in [-0.4, -0.2) is 4.98 Å². The number of hydrogen-bond donors (Lipinski definition) is 0. The highest BCUT2D eigenvalue weighted by Crippen LogP contribution is 2.24. The Morgan fingerprint density at radius 1 is 1.06 bits per heavy atom. The lowest BCUT2D eigenvalue weighted by Gasteiger charge is -2.18. The van der Waals surface area contributed by atoms with Crippen LogP contribution in [0.5, 0.6) is 0 Å². The van der Waals surface area contributed by atoms with Crippen molar-refractivity contribution in [3.8, 4) is 0 Å². The Morgan fingerprint density at radius 2 is 1.81 bits per heavy atom. The predicted octanol–water partition coefficient (Wildman–Crippen LogP) is 4.09. The summed E-state index contributed by atoms with van der Waals surface area (Å²) in [4.78, 5) is 4.76. The predicted molar refractivity (Wildman–Crippen MR) is 69.8 cm³/mol. The van der Waals surface area contributed by atoms with Crippen molar-refractivity contribution >= 4 is 10.9 Å². The second-order valence-corrected chi connectivity index (χ2v) is 5.28. The fourth-order valence-electron chi connectivity index (χ4n) is 1.94. The van der Waals surface area contributed by atoms with Gasteiger partial charge in [-0.1, -0.05) is 45.9 Å². The van der Waals surface area contributed by atoms with E-state index in [4.69, 9.17) is 4.98 Å². The van der Waals surface area contributed by atoms with Gasteiger partial charge in [-0.05, 0) is 24.1 Å². The van der Waals surface area contributed by atoms with Crippen molar-refractivity contribution in [1.82, 2.24) is 4.98 Å². The summed E-state index contributed by atoms with van der Waals surface area (Å²) in [5, 5.41) is 1.29. The van der Waals surface area contributed by atoms with Crippen LogP contribution < -0.4 is 0 Å². The maximum Gasteiger partial charge on any atom is 0.0708 e. The number of hydrogen-bond acceptors (Lipinski definition) is 1. The zero-order valence-corrected chi connectivity index (χ0v) is 10.5. The lowest BCUT2D eigenvalue weighted by atomic mass is 9.91. The summed E-state index contributed by atoms with van der Waals surface area (Å²) in [6.07, 6.45) is 1.06. The first kappa shape index (κ1) is 11.1. The number of fused-ring (bicyclic) bond motifs is 1. The highest BCUT2D eigenvalue weighted by Gasteiger charge is 2.15. The summed E-state index contributed by atoms with van der Waals surface area (Å²) in [6.45, 7) is 8.78. The molecule has 1 aromatic carbocycles. The van der Waals surface area contributed by atoms with Crippen LogP contribution in [0, 0.1) is 0 Å². The summed E-state index contributed by atoms with van der Waals surface area (Å²) < 4.78 is 0. The molecule has 0 spiro atoms. The molecule has 0 aliphatic heterocycles. The first-order valence-corrected chi connectivity index (χ1v) is 5.91. The Kier molecular flexibility index (Phi) is 2.71. The van der Waals surface area contributed by atoms with Crippen LogP contribution >= 0.6 is 0 Å². The van der Waals surface area contributed by atoms with E-state index in [-0.39, 0.29) is 5.41 Å². The molecule has 1 heterocycles. The van der Waals surface area contributed by atoms with Gasteiger partial charge in [-0.2, -0.15) is 0 Å². The molecule has 0 unspecified atom stereocenters. The van der Waals surface area contributed by atoms with Gasteiger partial charge in [0, 0.05) is 16.5 Å². The average molecular weight is 213 g/mol. The Hall–Kier alpha value is -1.37. The minimum atomic E-state index is 0.121. The van der Waals surface area contributed by atoms with Gasteiger partial charge in [-0.3, -0.25) is 4.98 Å². The van der Waals surface area contributed by atoms with Crippen LogP contribution in [0.2, 0.25) is 0 Å². The molecule has 84 valence electrons. The molecular formula is C15H19N. The number of rotatable bonds is 1. The van der Waals surface area contributed by atoms with Gasteiger partial charge >= 0.3 is 0 Å². The normalized spacial score (nSPS) is 12.0. The maximum absolute atomic E-state index is 4.76. The summed E-state index contributed by atoms with van der Waals surface area (Å²) in [5.74, 6) is 0. The van der Waals surface area contributed by atoms with Crippen molar-refractivity contribution in [3.63, 3.8) is 0 Å². The Balaban J connectivity index is 2.64. The first-order valence-electron chi connectivity index (χ1n) is 5.91. The van der Waals surface area contributed by atoms with Crippen molar-refractivity contribution in [2.24, 2.45) is 0 Å². The van der Waals surface area contributed by atoms with E-state index in [2.05, 4.69) is 58.0 Å². The van der Waals surface area contributed by atoms with Gasteiger partial charge in [0.2, 0.25) is 0 Å². The van der Waals surface area contributed by atoms with Crippen LogP contribution in [0.1, 0.15) is 39.0 Å². The van der Waals surface area contributed by atoms with Crippen molar-refractivity contribution in [2.75, 3.05) is 0 Å². The molecule has 0 radical (unpaired) electrons. The van der Waals surface area contributed by atoms with Crippen LogP contribution in [0.4, 0.5) is 0 Å². The summed E-state index contributed by atoms with van der Waals surface area (Å²) >= 11 is 0. The van der Waals surface area contributed by atoms with Crippen molar-refractivity contribution in [3.05, 3.63) is 41.6 Å². The first-order chi connectivity index (χ1) is 7.52. The van der Waals surface area contributed by atoms with E-state index in [9.17, 15) is 0 Å². The molecule has 1 aromatic heterocycles. The van der Waals surface area contributed by atoms with Crippen molar-refractivity contribution < 1.29 is 0 Å². The number of pyridine rings is 1. The van der Waals surface area contributed by atoms with Crippen LogP contribution in [-0.2, 0) is 11.8 Å². The van der Waals surface area contributed by atoms with Crippen LogP contribution in [0.15, 0.2) is 30.3 Å². The van der Waals surface area contributed by atoms with Crippen molar-refractivity contribution in [1.29, 1.82) is 0 Å². The second kappa shape index (κ2) is 3.89. The van der Waals surface area contributed by atoms with E-state index in [1.807, 2.05) is 0 Å². The minimum absolute atomic E-state index is 0.121. The Bertz CT molecular complexity index is 506. The number of benzene rings is 1. The maximum atomic E-state index is 4.76. The monoisotopic (exact) mass is 213 g/mol. The van der Waals surface area contributed by atoms with Crippen LogP contribution in [0.25, 0.3) is 10.9 Å². The third-order valence-electron chi connectivity index (χ3n) is 2.97. The van der Waals surface area contributed by atoms with E-state index in [0.717, 1.165) is 17.6 Å². The molecule has 2 aromatic rings.